The highest BCUT2D eigenvalue weighted by Crippen LogP contribution is 2.40. The predicted molar refractivity (Wildman–Crippen MR) is 106 cm³/mol. The third kappa shape index (κ3) is 3.00. The number of nitrogens with zero attached hydrogens (tertiary/aromatic N) is 2. The van der Waals surface area contributed by atoms with Crippen LogP contribution in [0.1, 0.15) is 12.5 Å². The van der Waals surface area contributed by atoms with E-state index in [0.29, 0.717) is 39.4 Å². The number of hydrogen-bond acceptors (Lipinski definition) is 4. The Morgan fingerprint density at radius 3 is 2.82 bits per heavy atom. The number of carbonyl (C=O) groups is 1. The first-order valence-corrected chi connectivity index (χ1v) is 8.73. The smallest absolute Gasteiger partial charge is 0.258 e. The summed E-state index contributed by atoms with van der Waals surface area (Å²) < 4.78 is 21.5. The van der Waals surface area contributed by atoms with Crippen molar-refractivity contribution < 1.29 is 13.9 Å². The number of methoxy groups -OCH3 is 1. The number of fused-ring (bicyclic) bond motifs is 1. The number of amides is 1. The van der Waals surface area contributed by atoms with E-state index in [9.17, 15) is 9.18 Å². The molecule has 0 fully saturated rings. The van der Waals surface area contributed by atoms with E-state index in [2.05, 4.69) is 15.7 Å². The number of rotatable bonds is 4. The van der Waals surface area contributed by atoms with Crippen molar-refractivity contribution in [1.29, 1.82) is 0 Å². The van der Waals surface area contributed by atoms with Gasteiger partial charge >= 0.3 is 0 Å². The molecule has 1 aliphatic heterocycles. The molecule has 2 aromatic carbocycles. The zero-order valence-electron chi connectivity index (χ0n) is 15.7. The van der Waals surface area contributed by atoms with Gasteiger partial charge in [0.05, 0.1) is 30.1 Å². The second-order valence-electron chi connectivity index (χ2n) is 6.56. The summed E-state index contributed by atoms with van der Waals surface area (Å²) in [6, 6.07) is 10.1. The minimum atomic E-state index is -0.382. The fourth-order valence-electron chi connectivity index (χ4n) is 3.41. The first-order chi connectivity index (χ1) is 13.5. The van der Waals surface area contributed by atoms with Gasteiger partial charge in [-0.25, -0.2) is 4.39 Å². The summed E-state index contributed by atoms with van der Waals surface area (Å²) in [5, 5.41) is 10.2. The van der Waals surface area contributed by atoms with E-state index in [4.69, 9.17) is 4.74 Å². The van der Waals surface area contributed by atoms with Gasteiger partial charge in [0.15, 0.2) is 0 Å². The predicted octanol–water partition coefficient (Wildman–Crippen LogP) is 4.03. The largest absolute Gasteiger partial charge is 0.496 e. The summed E-state index contributed by atoms with van der Waals surface area (Å²) >= 11 is 0. The van der Waals surface area contributed by atoms with Crippen LogP contribution in [0, 0.1) is 5.82 Å². The maximum absolute atomic E-state index is 14.5. The van der Waals surface area contributed by atoms with Crippen LogP contribution in [0.4, 0.5) is 15.8 Å². The van der Waals surface area contributed by atoms with E-state index in [-0.39, 0.29) is 11.7 Å². The molecule has 28 heavy (non-hydrogen) atoms. The van der Waals surface area contributed by atoms with Crippen molar-refractivity contribution in [3.63, 3.8) is 0 Å². The van der Waals surface area contributed by atoms with Crippen molar-refractivity contribution in [3.05, 3.63) is 65.9 Å². The number of carbonyl (C=O) groups excluding carboxylic acids is 1. The molecular formula is C21H19FN4O2. The number of aromatic nitrogens is 2. The van der Waals surface area contributed by atoms with Crippen molar-refractivity contribution in [2.75, 3.05) is 17.7 Å². The lowest BCUT2D eigenvalue weighted by Crippen LogP contribution is -2.08. The zero-order valence-corrected chi connectivity index (χ0v) is 15.7. The number of aryl methyl sites for hydroxylation is 1. The summed E-state index contributed by atoms with van der Waals surface area (Å²) in [7, 11) is 3.32. The maximum Gasteiger partial charge on any atom is 0.258 e. The van der Waals surface area contributed by atoms with Gasteiger partial charge in [0.1, 0.15) is 11.6 Å². The molecule has 1 aromatic heterocycles. The van der Waals surface area contributed by atoms with Crippen LogP contribution in [0.5, 0.6) is 5.75 Å². The van der Waals surface area contributed by atoms with Gasteiger partial charge in [-0.15, -0.1) is 0 Å². The number of ether oxygens (including phenoxy) is 1. The number of allylic oxidation sites excluding steroid dienone is 1. The number of halogens is 1. The molecule has 0 aliphatic carbocycles. The van der Waals surface area contributed by atoms with Crippen molar-refractivity contribution in [1.82, 2.24) is 9.78 Å². The van der Waals surface area contributed by atoms with Crippen LogP contribution in [0.15, 0.2) is 54.5 Å². The lowest BCUT2D eigenvalue weighted by atomic mass is 9.97. The second kappa shape index (κ2) is 6.84. The Labute approximate surface area is 161 Å². The Morgan fingerprint density at radius 1 is 1.29 bits per heavy atom. The van der Waals surface area contributed by atoms with Crippen LogP contribution in [-0.4, -0.2) is 22.8 Å². The van der Waals surface area contributed by atoms with Gasteiger partial charge < -0.3 is 15.4 Å². The van der Waals surface area contributed by atoms with E-state index >= 15 is 0 Å². The molecule has 142 valence electrons. The van der Waals surface area contributed by atoms with Crippen LogP contribution >= 0.6 is 0 Å². The summed E-state index contributed by atoms with van der Waals surface area (Å²) in [6.45, 7) is 1.83. The molecule has 0 saturated carbocycles. The average Bonchev–Trinajstić information content (AvgIpc) is 3.22. The molecule has 2 N–H and O–H groups in total. The van der Waals surface area contributed by atoms with Gasteiger partial charge in [0.2, 0.25) is 0 Å². The standard InChI is InChI=1S/C21H19FN4O2/c1-12(24-14-10-23-26(2)11-14)19-15-9-13(7-8-17(15)25-21(19)27)20-16(22)5-4-6-18(20)28-3/h4-11,24H,1-3H3,(H,25,27)/b19-12-. The normalized spacial score (nSPS) is 14.5. The molecule has 2 heterocycles. The molecule has 0 atom stereocenters. The Morgan fingerprint density at radius 2 is 2.11 bits per heavy atom. The van der Waals surface area contributed by atoms with Crippen molar-refractivity contribution in [2.24, 2.45) is 7.05 Å². The molecule has 6 nitrogen and oxygen atoms in total. The van der Waals surface area contributed by atoms with Gasteiger partial charge in [-0.2, -0.15) is 5.10 Å². The van der Waals surface area contributed by atoms with E-state index in [1.807, 2.05) is 20.2 Å². The molecule has 7 heteroatoms. The summed E-state index contributed by atoms with van der Waals surface area (Å²) in [5.74, 6) is -0.151. The molecule has 0 spiro atoms. The maximum atomic E-state index is 14.5. The third-order valence-electron chi connectivity index (χ3n) is 4.66. The number of hydrogen-bond donors (Lipinski definition) is 2. The van der Waals surface area contributed by atoms with Gasteiger partial charge in [-0.05, 0) is 36.8 Å². The minimum Gasteiger partial charge on any atom is -0.496 e. The van der Waals surface area contributed by atoms with Crippen LogP contribution in [0.2, 0.25) is 0 Å². The highest BCUT2D eigenvalue weighted by molar-refractivity contribution is 6.32. The second-order valence-corrected chi connectivity index (χ2v) is 6.56. The van der Waals surface area contributed by atoms with E-state index in [1.165, 1.54) is 13.2 Å². The van der Waals surface area contributed by atoms with Gasteiger partial charge in [0, 0.05) is 30.2 Å². The lowest BCUT2D eigenvalue weighted by molar-refractivity contribution is -0.110. The fraction of sp³-hybridized carbons (Fsp3) is 0.143. The molecule has 1 amide bonds. The Kier molecular flexibility index (Phi) is 4.35. The molecule has 0 bridgehead atoms. The van der Waals surface area contributed by atoms with Crippen LogP contribution in [0.25, 0.3) is 16.7 Å². The summed E-state index contributed by atoms with van der Waals surface area (Å²) in [5.41, 5.74) is 4.37. The van der Waals surface area contributed by atoms with Gasteiger partial charge in [-0.3, -0.25) is 9.48 Å². The first-order valence-electron chi connectivity index (χ1n) is 8.73. The van der Waals surface area contributed by atoms with Crippen LogP contribution in [-0.2, 0) is 11.8 Å². The van der Waals surface area contributed by atoms with Crippen LogP contribution < -0.4 is 15.4 Å². The zero-order chi connectivity index (χ0) is 19.8. The van der Waals surface area contributed by atoms with Gasteiger partial charge in [0.25, 0.3) is 5.91 Å². The molecule has 3 aromatic rings. The lowest BCUT2D eigenvalue weighted by Gasteiger charge is -2.12. The van der Waals surface area contributed by atoms with E-state index in [1.54, 1.807) is 41.2 Å². The third-order valence-corrected chi connectivity index (χ3v) is 4.66. The van der Waals surface area contributed by atoms with Crippen molar-refractivity contribution >= 4 is 22.9 Å². The Bertz CT molecular complexity index is 1120. The monoisotopic (exact) mass is 378 g/mol. The highest BCUT2D eigenvalue weighted by Gasteiger charge is 2.27. The fourth-order valence-corrected chi connectivity index (χ4v) is 3.41. The molecule has 0 saturated heterocycles. The summed E-state index contributed by atoms with van der Waals surface area (Å²) in [4.78, 5) is 12.6. The Hall–Kier alpha value is -3.61. The van der Waals surface area contributed by atoms with Gasteiger partial charge in [-0.1, -0.05) is 12.1 Å². The molecular weight excluding hydrogens is 359 g/mol. The topological polar surface area (TPSA) is 68.2 Å². The molecule has 1 aliphatic rings. The van der Waals surface area contributed by atoms with Crippen molar-refractivity contribution in [2.45, 2.75) is 6.92 Å². The average molecular weight is 378 g/mol. The SMILES string of the molecule is COc1cccc(F)c1-c1ccc2c(c1)/C(=C(\C)Nc1cnn(C)c1)C(=O)N2. The number of benzene rings is 2. The molecule has 0 radical (unpaired) electrons. The molecule has 0 unspecified atom stereocenters. The van der Waals surface area contributed by atoms with Crippen LogP contribution in [0.3, 0.4) is 0 Å². The minimum absolute atomic E-state index is 0.207. The number of nitrogens with one attached hydrogen (secondary N) is 2. The Balaban J connectivity index is 1.81. The highest BCUT2D eigenvalue weighted by atomic mass is 19.1. The van der Waals surface area contributed by atoms with Crippen molar-refractivity contribution in [3.8, 4) is 16.9 Å². The first kappa shape index (κ1) is 17.8. The number of anilines is 2. The molecule has 4 rings (SSSR count). The van der Waals surface area contributed by atoms with E-state index < -0.39 is 0 Å². The summed E-state index contributed by atoms with van der Waals surface area (Å²) in [6.07, 6.45) is 3.50. The quantitative estimate of drug-likeness (QED) is 0.673. The van der Waals surface area contributed by atoms with E-state index in [0.717, 1.165) is 5.69 Å².